The second-order valence-corrected chi connectivity index (χ2v) is 7.61. The Kier molecular flexibility index (Phi) is 5.67. The van der Waals surface area contributed by atoms with Crippen molar-refractivity contribution in [3.8, 4) is 0 Å². The fraction of sp³-hybridized carbons (Fsp3) is 0.455. The van der Waals surface area contributed by atoms with E-state index in [1.165, 1.54) is 45.3 Å². The molecule has 0 radical (unpaired) electrons. The zero-order chi connectivity index (χ0) is 16.5. The van der Waals surface area contributed by atoms with E-state index in [1.807, 2.05) is 12.1 Å². The van der Waals surface area contributed by atoms with E-state index < -0.39 is 5.60 Å². The summed E-state index contributed by atoms with van der Waals surface area (Å²) in [5, 5.41) is 12.2. The number of nitrogens with zero attached hydrogens (tertiary/aromatic N) is 1. The molecule has 2 aliphatic heterocycles. The van der Waals surface area contributed by atoms with Gasteiger partial charge in [0.15, 0.2) is 5.60 Å². The second kappa shape index (κ2) is 7.61. The first kappa shape index (κ1) is 18.6. The van der Waals surface area contributed by atoms with Crippen molar-refractivity contribution in [3.63, 3.8) is 0 Å². The molecule has 1 atom stereocenters. The van der Waals surface area contributed by atoms with Gasteiger partial charge in [0.25, 0.3) is 0 Å². The molecule has 0 aromatic heterocycles. The van der Waals surface area contributed by atoms with Gasteiger partial charge in [-0.15, -0.1) is 0 Å². The Morgan fingerprint density at radius 2 is 1.20 bits per heavy atom. The van der Waals surface area contributed by atoms with Crippen LogP contribution in [0.1, 0.15) is 43.2 Å². The van der Waals surface area contributed by atoms with Gasteiger partial charge in [-0.25, -0.2) is 0 Å². The summed E-state index contributed by atoms with van der Waals surface area (Å²) in [4.78, 5) is 0. The van der Waals surface area contributed by atoms with E-state index in [0.717, 1.165) is 22.0 Å². The van der Waals surface area contributed by atoms with Gasteiger partial charge in [0.05, 0.1) is 19.6 Å². The number of benzene rings is 2. The number of hydrogen-bond donors (Lipinski definition) is 1. The molecule has 2 heterocycles. The Hall–Kier alpha value is -1.16. The van der Waals surface area contributed by atoms with Gasteiger partial charge in [-0.2, -0.15) is 0 Å². The maximum Gasteiger partial charge on any atom is 0.166 e. The minimum atomic E-state index is -0.892. The Morgan fingerprint density at radius 1 is 0.720 bits per heavy atom. The fourth-order valence-electron chi connectivity index (χ4n) is 5.25. The predicted octanol–water partition coefficient (Wildman–Crippen LogP) is 1.09. The summed E-state index contributed by atoms with van der Waals surface area (Å²) in [6, 6.07) is 21.0. The molecule has 0 amide bonds. The molecule has 4 rings (SSSR count). The second-order valence-electron chi connectivity index (χ2n) is 7.61. The molecule has 2 aromatic rings. The average molecular weight is 402 g/mol. The molecule has 2 fully saturated rings. The predicted molar refractivity (Wildman–Crippen MR) is 97.6 cm³/mol. The lowest BCUT2D eigenvalue weighted by molar-refractivity contribution is -0.950. The molecule has 25 heavy (non-hydrogen) atoms. The molecule has 2 aromatic carbocycles. The van der Waals surface area contributed by atoms with Crippen molar-refractivity contribution < 1.29 is 26.6 Å². The normalized spacial score (nSPS) is 22.5. The van der Waals surface area contributed by atoms with Crippen molar-refractivity contribution in [1.82, 2.24) is 0 Å². The molecule has 0 aliphatic carbocycles. The van der Waals surface area contributed by atoms with Crippen molar-refractivity contribution >= 4 is 0 Å². The summed E-state index contributed by atoms with van der Waals surface area (Å²) in [5.74, 6) is 0. The third-order valence-electron chi connectivity index (χ3n) is 6.36. The number of rotatable bonds is 3. The smallest absolute Gasteiger partial charge is 0.166 e. The maximum atomic E-state index is 12.2. The Bertz CT molecular complexity index is 627. The molecule has 1 spiro atoms. The Balaban J connectivity index is 0.00000182. The van der Waals surface area contributed by atoms with E-state index in [0.29, 0.717) is 0 Å². The summed E-state index contributed by atoms with van der Waals surface area (Å²) in [6.07, 6.45) is 6.29. The summed E-state index contributed by atoms with van der Waals surface area (Å²) in [7, 11) is 0. The average Bonchev–Trinajstić information content (AvgIpc) is 3.06. The molecule has 2 nitrogen and oxygen atoms in total. The monoisotopic (exact) mass is 401 g/mol. The van der Waals surface area contributed by atoms with Crippen LogP contribution in [0.5, 0.6) is 0 Å². The van der Waals surface area contributed by atoms with Crippen molar-refractivity contribution in [1.29, 1.82) is 0 Å². The van der Waals surface area contributed by atoms with Crippen molar-refractivity contribution in [2.75, 3.05) is 19.6 Å². The molecule has 0 unspecified atom stereocenters. The van der Waals surface area contributed by atoms with Crippen LogP contribution in [-0.2, 0) is 5.60 Å². The van der Waals surface area contributed by atoms with Gasteiger partial charge in [-0.3, -0.25) is 0 Å². The fourth-order valence-corrected chi connectivity index (χ4v) is 5.25. The summed E-state index contributed by atoms with van der Waals surface area (Å²) >= 11 is 0. The standard InChI is InChI=1S/C22H28NO.BrH/c24-22(19-11-4-1-5-12-19,20-13-6-2-7-14-20)21-15-10-18-23(21)16-8-3-9-17-23;/h1-2,4-7,11-14,21,24H,3,8-10,15-18H2;1H/q+1;/p-1/t21-;/m0./s1. The van der Waals surface area contributed by atoms with Crippen molar-refractivity contribution in [3.05, 3.63) is 71.8 Å². The van der Waals surface area contributed by atoms with E-state index in [4.69, 9.17) is 0 Å². The highest BCUT2D eigenvalue weighted by molar-refractivity contribution is 5.37. The molecule has 1 N–H and O–H groups in total. The molecule has 0 saturated carbocycles. The Morgan fingerprint density at radius 3 is 1.72 bits per heavy atom. The SMILES string of the molecule is OC(c1ccccc1)(c1ccccc1)[C@@H]1CCC[N+]12CCCCC2.[Br-]. The van der Waals surface area contributed by atoms with E-state index in [9.17, 15) is 5.11 Å². The molecule has 134 valence electrons. The molecule has 0 bridgehead atoms. The quantitative estimate of drug-likeness (QED) is 0.763. The van der Waals surface area contributed by atoms with Crippen LogP contribution in [-0.4, -0.2) is 35.3 Å². The summed E-state index contributed by atoms with van der Waals surface area (Å²) in [6.45, 7) is 3.69. The maximum absolute atomic E-state index is 12.2. The molecular weight excluding hydrogens is 374 g/mol. The van der Waals surface area contributed by atoms with Crippen LogP contribution in [0.15, 0.2) is 60.7 Å². The van der Waals surface area contributed by atoms with E-state index in [-0.39, 0.29) is 23.0 Å². The molecule has 2 saturated heterocycles. The lowest BCUT2D eigenvalue weighted by atomic mass is 9.77. The summed E-state index contributed by atoms with van der Waals surface area (Å²) < 4.78 is 1.11. The first-order chi connectivity index (χ1) is 11.8. The van der Waals surface area contributed by atoms with Gasteiger partial charge in [-0.05, 0) is 30.4 Å². The van der Waals surface area contributed by atoms with Crippen LogP contribution in [0, 0.1) is 0 Å². The number of quaternary nitrogens is 1. The lowest BCUT2D eigenvalue weighted by Gasteiger charge is -2.49. The van der Waals surface area contributed by atoms with E-state index in [2.05, 4.69) is 48.5 Å². The van der Waals surface area contributed by atoms with Gasteiger partial charge >= 0.3 is 0 Å². The van der Waals surface area contributed by atoms with E-state index in [1.54, 1.807) is 0 Å². The van der Waals surface area contributed by atoms with Gasteiger partial charge in [0.2, 0.25) is 0 Å². The first-order valence-electron chi connectivity index (χ1n) is 9.45. The van der Waals surface area contributed by atoms with Gasteiger partial charge < -0.3 is 26.6 Å². The van der Waals surface area contributed by atoms with Crippen LogP contribution < -0.4 is 17.0 Å². The van der Waals surface area contributed by atoms with E-state index >= 15 is 0 Å². The van der Waals surface area contributed by atoms with Crippen LogP contribution >= 0.6 is 0 Å². The first-order valence-corrected chi connectivity index (χ1v) is 9.45. The number of aliphatic hydroxyl groups is 1. The minimum absolute atomic E-state index is 0. The van der Waals surface area contributed by atoms with Crippen molar-refractivity contribution in [2.45, 2.75) is 43.7 Å². The van der Waals surface area contributed by atoms with Crippen LogP contribution in [0.2, 0.25) is 0 Å². The van der Waals surface area contributed by atoms with Gasteiger partial charge in [-0.1, -0.05) is 60.7 Å². The lowest BCUT2D eigenvalue weighted by Crippen LogP contribution is -3.00. The number of halogens is 1. The number of piperidine rings is 1. The zero-order valence-corrected chi connectivity index (χ0v) is 16.4. The van der Waals surface area contributed by atoms with Crippen LogP contribution in [0.3, 0.4) is 0 Å². The highest BCUT2D eigenvalue weighted by Crippen LogP contribution is 2.45. The Labute approximate surface area is 161 Å². The number of hydrogen-bond acceptors (Lipinski definition) is 1. The third-order valence-corrected chi connectivity index (χ3v) is 6.36. The van der Waals surface area contributed by atoms with Gasteiger partial charge in [0.1, 0.15) is 6.04 Å². The van der Waals surface area contributed by atoms with Gasteiger partial charge in [0, 0.05) is 12.8 Å². The third kappa shape index (κ3) is 3.18. The van der Waals surface area contributed by atoms with Crippen LogP contribution in [0.25, 0.3) is 0 Å². The van der Waals surface area contributed by atoms with Crippen LogP contribution in [0.4, 0.5) is 0 Å². The molecule has 3 heteroatoms. The van der Waals surface area contributed by atoms with Crippen molar-refractivity contribution in [2.24, 2.45) is 0 Å². The largest absolute Gasteiger partial charge is 1.00 e. The highest BCUT2D eigenvalue weighted by atomic mass is 79.9. The topological polar surface area (TPSA) is 20.2 Å². The zero-order valence-electron chi connectivity index (χ0n) is 14.8. The molecular formula is C22H28BrNO. The summed E-state index contributed by atoms with van der Waals surface area (Å²) in [5.41, 5.74) is 1.20. The molecule has 2 aliphatic rings. The highest BCUT2D eigenvalue weighted by Gasteiger charge is 2.55. The minimum Gasteiger partial charge on any atom is -1.00 e.